The molecule has 26 heavy (non-hydrogen) atoms. The Balaban J connectivity index is 1.95. The lowest BCUT2D eigenvalue weighted by Crippen LogP contribution is -2.27. The molecule has 1 atom stereocenters. The molecule has 0 bridgehead atoms. The lowest BCUT2D eigenvalue weighted by atomic mass is 9.97. The molecule has 140 valence electrons. The number of ether oxygens (including phenoxy) is 1. The third-order valence-electron chi connectivity index (χ3n) is 4.63. The molecular formula is C18H21NO5S2. The number of nitrogens with zero attached hydrogens (tertiary/aromatic N) is 1. The van der Waals surface area contributed by atoms with E-state index in [1.807, 2.05) is 0 Å². The molecule has 6 nitrogen and oxygen atoms in total. The molecule has 0 unspecified atom stereocenters. The summed E-state index contributed by atoms with van der Waals surface area (Å²) in [7, 11) is -5.38. The fourth-order valence-electron chi connectivity index (χ4n) is 3.21. The van der Waals surface area contributed by atoms with Gasteiger partial charge in [0.15, 0.2) is 0 Å². The van der Waals surface area contributed by atoms with E-state index in [4.69, 9.17) is 4.74 Å². The van der Waals surface area contributed by atoms with Crippen LogP contribution in [0.2, 0.25) is 0 Å². The number of hydrogen-bond acceptors (Lipinski definition) is 5. The van der Waals surface area contributed by atoms with E-state index >= 15 is 0 Å². The van der Waals surface area contributed by atoms with Crippen molar-refractivity contribution in [2.45, 2.75) is 22.1 Å². The average Bonchev–Trinajstić information content (AvgIpc) is 3.12. The molecule has 1 fully saturated rings. The fourth-order valence-corrected chi connectivity index (χ4v) is 5.40. The Kier molecular flexibility index (Phi) is 5.09. The van der Waals surface area contributed by atoms with Gasteiger partial charge in [0.2, 0.25) is 19.9 Å². The smallest absolute Gasteiger partial charge is 0.211 e. The van der Waals surface area contributed by atoms with E-state index in [1.165, 1.54) is 23.7 Å². The number of methoxy groups -OCH3 is 1. The zero-order valence-electron chi connectivity index (χ0n) is 14.6. The van der Waals surface area contributed by atoms with Crippen molar-refractivity contribution in [3.63, 3.8) is 0 Å². The SMILES string of the molecule is COc1cc(S(=O)(=O)c2ccccc2)ccc1[C@@H]1CCN(S(C)(=O)=O)C1. The summed E-state index contributed by atoms with van der Waals surface area (Å²) in [4.78, 5) is 0.376. The molecule has 1 saturated heterocycles. The molecule has 8 heteroatoms. The largest absolute Gasteiger partial charge is 0.496 e. The molecule has 1 heterocycles. The van der Waals surface area contributed by atoms with E-state index < -0.39 is 19.9 Å². The van der Waals surface area contributed by atoms with E-state index in [2.05, 4.69) is 0 Å². The minimum absolute atomic E-state index is 0.0202. The highest BCUT2D eigenvalue weighted by Gasteiger charge is 2.31. The summed E-state index contributed by atoms with van der Waals surface area (Å²) in [5.74, 6) is 0.440. The lowest BCUT2D eigenvalue weighted by molar-refractivity contribution is 0.403. The standard InChI is InChI=1S/C18H21NO5S2/c1-24-18-12-16(26(22,23)15-6-4-3-5-7-15)8-9-17(18)14-10-11-19(13-14)25(2,20)21/h3-9,12,14H,10-11,13H2,1-2H3/t14-/m1/s1. The van der Waals surface area contributed by atoms with Gasteiger partial charge in [-0.1, -0.05) is 24.3 Å². The van der Waals surface area contributed by atoms with Crippen molar-refractivity contribution in [3.05, 3.63) is 54.1 Å². The molecule has 3 rings (SSSR count). The normalized spacial score (nSPS) is 18.8. The summed E-state index contributed by atoms with van der Waals surface area (Å²) in [6.45, 7) is 0.830. The van der Waals surface area contributed by atoms with Crippen LogP contribution in [0.5, 0.6) is 5.75 Å². The maximum absolute atomic E-state index is 12.8. The third-order valence-corrected chi connectivity index (χ3v) is 7.67. The van der Waals surface area contributed by atoms with E-state index in [1.54, 1.807) is 42.5 Å². The van der Waals surface area contributed by atoms with E-state index in [-0.39, 0.29) is 15.7 Å². The Morgan fingerprint density at radius 3 is 2.27 bits per heavy atom. The van der Waals surface area contributed by atoms with Gasteiger partial charge in [-0.05, 0) is 36.2 Å². The Morgan fingerprint density at radius 2 is 1.69 bits per heavy atom. The predicted molar refractivity (Wildman–Crippen MR) is 98.7 cm³/mol. The summed E-state index contributed by atoms with van der Waals surface area (Å²) in [5, 5.41) is 0. The van der Waals surface area contributed by atoms with Gasteiger partial charge >= 0.3 is 0 Å². The second-order valence-electron chi connectivity index (χ2n) is 6.33. The number of hydrogen-bond donors (Lipinski definition) is 0. The first kappa shape index (κ1) is 18.9. The van der Waals surface area contributed by atoms with Crippen LogP contribution in [0.25, 0.3) is 0 Å². The topological polar surface area (TPSA) is 80.8 Å². The van der Waals surface area contributed by atoms with Crippen LogP contribution in [0, 0.1) is 0 Å². The quantitative estimate of drug-likeness (QED) is 0.776. The summed E-state index contributed by atoms with van der Waals surface area (Å²) in [6, 6.07) is 13.0. The number of sulfonamides is 1. The lowest BCUT2D eigenvalue weighted by Gasteiger charge is -2.17. The van der Waals surface area contributed by atoms with Gasteiger partial charge in [-0.2, -0.15) is 0 Å². The molecule has 2 aromatic rings. The van der Waals surface area contributed by atoms with Crippen LogP contribution in [0.1, 0.15) is 17.9 Å². The number of sulfone groups is 1. The molecule has 0 radical (unpaired) electrons. The number of rotatable bonds is 5. The highest BCUT2D eigenvalue weighted by atomic mass is 32.2. The Morgan fingerprint density at radius 1 is 1.00 bits per heavy atom. The maximum atomic E-state index is 12.8. The summed E-state index contributed by atoms with van der Waals surface area (Å²) >= 11 is 0. The van der Waals surface area contributed by atoms with Gasteiger partial charge in [0.25, 0.3) is 0 Å². The van der Waals surface area contributed by atoms with Crippen molar-refractivity contribution in [2.75, 3.05) is 26.5 Å². The van der Waals surface area contributed by atoms with Crippen LogP contribution in [0.4, 0.5) is 0 Å². The molecule has 0 amide bonds. The molecular weight excluding hydrogens is 374 g/mol. The van der Waals surface area contributed by atoms with Crippen LogP contribution >= 0.6 is 0 Å². The van der Waals surface area contributed by atoms with Crippen molar-refractivity contribution in [3.8, 4) is 5.75 Å². The Bertz CT molecular complexity index is 1000. The first-order chi connectivity index (χ1) is 12.2. The molecule has 0 aliphatic carbocycles. The second-order valence-corrected chi connectivity index (χ2v) is 10.3. The Labute approximate surface area is 154 Å². The monoisotopic (exact) mass is 395 g/mol. The van der Waals surface area contributed by atoms with Crippen molar-refractivity contribution in [1.82, 2.24) is 4.31 Å². The predicted octanol–water partition coefficient (Wildman–Crippen LogP) is 2.28. The third kappa shape index (κ3) is 3.62. The van der Waals surface area contributed by atoms with Gasteiger partial charge in [0.05, 0.1) is 23.2 Å². The number of benzene rings is 2. The maximum Gasteiger partial charge on any atom is 0.211 e. The van der Waals surface area contributed by atoms with Crippen molar-refractivity contribution < 1.29 is 21.6 Å². The zero-order chi connectivity index (χ0) is 18.9. The molecule has 0 spiro atoms. The van der Waals surface area contributed by atoms with Gasteiger partial charge in [-0.3, -0.25) is 0 Å². The second kappa shape index (κ2) is 7.02. The molecule has 2 aromatic carbocycles. The van der Waals surface area contributed by atoms with Gasteiger partial charge in [-0.25, -0.2) is 21.1 Å². The zero-order valence-corrected chi connectivity index (χ0v) is 16.3. The van der Waals surface area contributed by atoms with Crippen molar-refractivity contribution in [2.24, 2.45) is 0 Å². The first-order valence-corrected chi connectivity index (χ1v) is 11.5. The van der Waals surface area contributed by atoms with Crippen molar-refractivity contribution >= 4 is 19.9 Å². The van der Waals surface area contributed by atoms with Crippen molar-refractivity contribution in [1.29, 1.82) is 0 Å². The van der Waals surface area contributed by atoms with Crippen LogP contribution in [0.3, 0.4) is 0 Å². The van der Waals surface area contributed by atoms with Crippen LogP contribution < -0.4 is 4.74 Å². The molecule has 0 N–H and O–H groups in total. The van der Waals surface area contributed by atoms with Gasteiger partial charge in [0.1, 0.15) is 5.75 Å². The summed E-state index contributed by atoms with van der Waals surface area (Å²) in [6.07, 6.45) is 1.87. The molecule has 1 aliphatic heterocycles. The van der Waals surface area contributed by atoms with Crippen LogP contribution in [-0.2, 0) is 19.9 Å². The van der Waals surface area contributed by atoms with Gasteiger partial charge in [-0.15, -0.1) is 0 Å². The van der Waals surface area contributed by atoms with Gasteiger partial charge < -0.3 is 4.74 Å². The summed E-state index contributed by atoms with van der Waals surface area (Å²) < 4.78 is 55.8. The highest BCUT2D eigenvalue weighted by molar-refractivity contribution is 7.91. The van der Waals surface area contributed by atoms with E-state index in [0.29, 0.717) is 25.3 Å². The molecule has 0 saturated carbocycles. The van der Waals surface area contributed by atoms with E-state index in [0.717, 1.165) is 5.56 Å². The Hall–Kier alpha value is -1.90. The molecule has 0 aromatic heterocycles. The summed E-state index contributed by atoms with van der Waals surface area (Å²) in [5.41, 5.74) is 0.825. The first-order valence-electron chi connectivity index (χ1n) is 8.16. The highest BCUT2D eigenvalue weighted by Crippen LogP contribution is 2.36. The van der Waals surface area contributed by atoms with E-state index in [9.17, 15) is 16.8 Å². The van der Waals surface area contributed by atoms with Gasteiger partial charge in [0, 0.05) is 19.0 Å². The average molecular weight is 396 g/mol. The van der Waals surface area contributed by atoms with Crippen LogP contribution in [-0.4, -0.2) is 47.6 Å². The molecule has 1 aliphatic rings. The fraction of sp³-hybridized carbons (Fsp3) is 0.333. The minimum atomic E-state index is -3.63. The minimum Gasteiger partial charge on any atom is -0.496 e. The van der Waals surface area contributed by atoms with Crippen LogP contribution in [0.15, 0.2) is 58.3 Å².